The van der Waals surface area contributed by atoms with Gasteiger partial charge in [-0.25, -0.2) is 4.98 Å². The molecule has 1 saturated heterocycles. The number of ether oxygens (including phenoxy) is 3. The second kappa shape index (κ2) is 7.31. The number of fused-ring (bicyclic) bond motifs is 1. The van der Waals surface area contributed by atoms with Gasteiger partial charge in [0.1, 0.15) is 18.3 Å². The lowest BCUT2D eigenvalue weighted by Gasteiger charge is -2.23. The number of imidazole rings is 1. The number of hydrogen-bond acceptors (Lipinski definition) is 8. The Kier molecular flexibility index (Phi) is 5.28. The van der Waals surface area contributed by atoms with Crippen LogP contribution in [0.3, 0.4) is 0 Å². The summed E-state index contributed by atoms with van der Waals surface area (Å²) in [7, 11) is 0. The van der Waals surface area contributed by atoms with Gasteiger partial charge in [0, 0.05) is 0 Å². The molecule has 2 unspecified atom stereocenters. The number of nitrogen functional groups attached to an aromatic ring is 1. The predicted octanol–water partition coefficient (Wildman–Crippen LogP) is 0.179. The zero-order valence-electron chi connectivity index (χ0n) is 15.2. The van der Waals surface area contributed by atoms with Gasteiger partial charge < -0.3 is 25.1 Å². The van der Waals surface area contributed by atoms with Crippen molar-refractivity contribution in [2.24, 2.45) is 0 Å². The summed E-state index contributed by atoms with van der Waals surface area (Å²) in [4.78, 5) is 22.5. The fraction of sp³-hybridized carbons (Fsp3) is 0.688. The van der Waals surface area contributed by atoms with Gasteiger partial charge >= 0.3 is 0 Å². The molecule has 26 heavy (non-hydrogen) atoms. The fourth-order valence-electron chi connectivity index (χ4n) is 2.98. The van der Waals surface area contributed by atoms with E-state index in [0.717, 1.165) is 0 Å². The summed E-state index contributed by atoms with van der Waals surface area (Å²) in [6, 6.07) is 0. The van der Waals surface area contributed by atoms with Crippen LogP contribution in [0.5, 0.6) is 0 Å². The molecule has 0 saturated carbocycles. The third-order valence-corrected chi connectivity index (χ3v) is 4.06. The first-order valence-electron chi connectivity index (χ1n) is 8.60. The number of aromatic amines is 1. The van der Waals surface area contributed by atoms with Crippen molar-refractivity contribution in [2.45, 2.75) is 64.4 Å². The number of rotatable bonds is 6. The minimum atomic E-state index is -0.988. The van der Waals surface area contributed by atoms with E-state index in [1.807, 2.05) is 27.7 Å². The van der Waals surface area contributed by atoms with Gasteiger partial charge in [0.2, 0.25) is 5.95 Å². The summed E-state index contributed by atoms with van der Waals surface area (Å²) in [6.45, 7) is 7.88. The maximum Gasteiger partial charge on any atom is 0.280 e. The number of hydrogen-bond donors (Lipinski definition) is 3. The van der Waals surface area contributed by atoms with E-state index in [2.05, 4.69) is 15.0 Å². The molecule has 3 rings (SSSR count). The van der Waals surface area contributed by atoms with Crippen LogP contribution in [0.4, 0.5) is 5.95 Å². The molecule has 0 spiro atoms. The fourth-order valence-corrected chi connectivity index (χ4v) is 2.98. The molecular formula is C16H25N5O5. The lowest BCUT2D eigenvalue weighted by Crippen LogP contribution is -2.38. The Labute approximate surface area is 150 Å². The molecule has 0 aromatic carbocycles. The number of anilines is 1. The molecule has 4 atom stereocenters. The topological polar surface area (TPSA) is 138 Å². The molecule has 1 aliphatic heterocycles. The summed E-state index contributed by atoms with van der Waals surface area (Å²) in [5, 5.41) is 10.8. The number of nitrogens with two attached hydrogens (primary N) is 1. The van der Waals surface area contributed by atoms with Crippen LogP contribution >= 0.6 is 0 Å². The lowest BCUT2D eigenvalue weighted by atomic mass is 10.1. The number of nitrogens with one attached hydrogen (secondary N) is 1. The molecule has 3 heterocycles. The van der Waals surface area contributed by atoms with Crippen molar-refractivity contribution in [3.05, 3.63) is 16.7 Å². The van der Waals surface area contributed by atoms with Crippen molar-refractivity contribution in [3.8, 4) is 0 Å². The molecule has 0 radical (unpaired) electrons. The second-order valence-corrected chi connectivity index (χ2v) is 6.86. The third kappa shape index (κ3) is 3.58. The molecule has 1 fully saturated rings. The minimum Gasteiger partial charge on any atom is -0.386 e. The number of aliphatic hydroxyl groups is 1. The van der Waals surface area contributed by atoms with E-state index in [-0.39, 0.29) is 35.9 Å². The van der Waals surface area contributed by atoms with E-state index in [0.29, 0.717) is 0 Å². The predicted molar refractivity (Wildman–Crippen MR) is 93.6 cm³/mol. The highest BCUT2D eigenvalue weighted by Gasteiger charge is 2.46. The number of H-pyrrole nitrogens is 1. The van der Waals surface area contributed by atoms with Crippen LogP contribution < -0.4 is 11.3 Å². The van der Waals surface area contributed by atoms with Crippen LogP contribution in [0.15, 0.2) is 11.1 Å². The molecule has 2 aromatic heterocycles. The lowest BCUT2D eigenvalue weighted by molar-refractivity contribution is -0.0973. The summed E-state index contributed by atoms with van der Waals surface area (Å²) in [5.41, 5.74) is 5.54. The number of nitrogens with zero attached hydrogens (tertiary/aromatic N) is 3. The van der Waals surface area contributed by atoms with Crippen molar-refractivity contribution in [2.75, 3.05) is 12.3 Å². The largest absolute Gasteiger partial charge is 0.386 e. The summed E-state index contributed by atoms with van der Waals surface area (Å²) in [6.07, 6.45) is -1.56. The van der Waals surface area contributed by atoms with Crippen molar-refractivity contribution in [1.82, 2.24) is 19.5 Å². The van der Waals surface area contributed by atoms with Crippen LogP contribution in [-0.2, 0) is 14.2 Å². The average Bonchev–Trinajstić information content (AvgIpc) is 3.08. The standard InChI is InChI=1S/C16H25N5O5/c1-7(2)24-5-9-12(25-8(3)4)11(22)15(26-9)21-6-18-10-13(21)19-16(17)20-14(10)23/h6-9,11-12,15,22H,5H2,1-4H3,(H3,17,19,20,23)/t9-,11?,12?,15-/m0/s1. The van der Waals surface area contributed by atoms with Crippen LogP contribution in [-0.4, -0.2) is 61.8 Å². The quantitative estimate of drug-likeness (QED) is 0.657. The first-order chi connectivity index (χ1) is 12.3. The third-order valence-electron chi connectivity index (χ3n) is 4.06. The molecule has 1 aliphatic rings. The van der Waals surface area contributed by atoms with Gasteiger partial charge in [0.15, 0.2) is 17.4 Å². The summed E-state index contributed by atoms with van der Waals surface area (Å²) in [5.74, 6) is -0.0357. The second-order valence-electron chi connectivity index (χ2n) is 6.86. The van der Waals surface area contributed by atoms with E-state index in [4.69, 9.17) is 19.9 Å². The van der Waals surface area contributed by atoms with Gasteiger partial charge in [-0.2, -0.15) is 4.98 Å². The van der Waals surface area contributed by atoms with E-state index >= 15 is 0 Å². The Bertz CT molecular complexity index is 817. The normalized spacial score (nSPS) is 26.4. The maximum absolute atomic E-state index is 12.0. The van der Waals surface area contributed by atoms with Crippen LogP contribution in [0, 0.1) is 0 Å². The highest BCUT2D eigenvalue weighted by atomic mass is 16.6. The van der Waals surface area contributed by atoms with Gasteiger partial charge in [-0.15, -0.1) is 0 Å². The van der Waals surface area contributed by atoms with Crippen LogP contribution in [0.1, 0.15) is 33.9 Å². The van der Waals surface area contributed by atoms with Crippen molar-refractivity contribution < 1.29 is 19.3 Å². The smallest absolute Gasteiger partial charge is 0.280 e. The minimum absolute atomic E-state index is 0.0172. The Morgan fingerprint density at radius 3 is 2.77 bits per heavy atom. The van der Waals surface area contributed by atoms with E-state index in [9.17, 15) is 9.90 Å². The van der Waals surface area contributed by atoms with Gasteiger partial charge in [-0.3, -0.25) is 14.3 Å². The Morgan fingerprint density at radius 2 is 2.12 bits per heavy atom. The summed E-state index contributed by atoms with van der Waals surface area (Å²) < 4.78 is 19.0. The van der Waals surface area contributed by atoms with Crippen LogP contribution in [0.25, 0.3) is 11.2 Å². The number of aliphatic hydroxyl groups excluding tert-OH is 1. The maximum atomic E-state index is 12.0. The molecule has 10 nitrogen and oxygen atoms in total. The van der Waals surface area contributed by atoms with Gasteiger partial charge in [-0.05, 0) is 27.7 Å². The number of aromatic nitrogens is 4. The zero-order valence-corrected chi connectivity index (χ0v) is 15.2. The first kappa shape index (κ1) is 18.8. The zero-order chi connectivity index (χ0) is 19.0. The summed E-state index contributed by atoms with van der Waals surface area (Å²) >= 11 is 0. The van der Waals surface area contributed by atoms with E-state index in [1.54, 1.807) is 0 Å². The highest BCUT2D eigenvalue weighted by Crippen LogP contribution is 2.33. The molecular weight excluding hydrogens is 342 g/mol. The van der Waals surface area contributed by atoms with Gasteiger partial charge in [0.25, 0.3) is 5.56 Å². The molecule has 144 valence electrons. The van der Waals surface area contributed by atoms with E-state index in [1.165, 1.54) is 10.9 Å². The Balaban J connectivity index is 1.93. The van der Waals surface area contributed by atoms with Crippen LogP contribution in [0.2, 0.25) is 0 Å². The first-order valence-corrected chi connectivity index (χ1v) is 8.60. The SMILES string of the molecule is CC(C)OC[C@@H]1O[C@H](n2cnc3c(=O)[nH]c(N)nc32)C(O)C1OC(C)C. The molecule has 0 amide bonds. The molecule has 10 heteroatoms. The molecule has 0 bridgehead atoms. The molecule has 0 aliphatic carbocycles. The highest BCUT2D eigenvalue weighted by molar-refractivity contribution is 5.70. The average molecular weight is 367 g/mol. The molecule has 2 aromatic rings. The van der Waals surface area contributed by atoms with Crippen molar-refractivity contribution >= 4 is 17.1 Å². The van der Waals surface area contributed by atoms with Crippen molar-refractivity contribution in [1.29, 1.82) is 0 Å². The Hall–Kier alpha value is -2.01. The van der Waals surface area contributed by atoms with Crippen molar-refractivity contribution in [3.63, 3.8) is 0 Å². The Morgan fingerprint density at radius 1 is 1.38 bits per heavy atom. The van der Waals surface area contributed by atoms with E-state index < -0.39 is 30.1 Å². The van der Waals surface area contributed by atoms with Gasteiger partial charge in [-0.1, -0.05) is 0 Å². The monoisotopic (exact) mass is 367 g/mol. The van der Waals surface area contributed by atoms with Gasteiger partial charge in [0.05, 0.1) is 25.1 Å². The molecule has 4 N–H and O–H groups in total.